The molecule has 38 heavy (non-hydrogen) atoms. The summed E-state index contributed by atoms with van der Waals surface area (Å²) in [5.41, 5.74) is 12.2. The minimum Gasteiger partial charge on any atom is -0.474 e. The molecule has 3 aromatic rings. The van der Waals surface area contributed by atoms with E-state index in [9.17, 15) is 4.79 Å². The lowest BCUT2D eigenvalue weighted by atomic mass is 9.68. The van der Waals surface area contributed by atoms with Gasteiger partial charge in [-0.1, -0.05) is 6.08 Å². The molecule has 6 rings (SSSR count). The lowest BCUT2D eigenvalue weighted by molar-refractivity contribution is -0.104. The summed E-state index contributed by atoms with van der Waals surface area (Å²) in [6.07, 6.45) is 20.7. The number of pyridine rings is 1. The minimum atomic E-state index is 0.276. The normalized spacial score (nSPS) is 19.9. The number of allylic oxidation sites excluding steroid dienone is 3. The van der Waals surface area contributed by atoms with Crippen molar-refractivity contribution in [3.05, 3.63) is 48.7 Å². The number of piperidine rings is 1. The largest absolute Gasteiger partial charge is 0.474 e. The molecule has 1 aliphatic heterocycles. The maximum Gasteiger partial charge on any atom is 0.213 e. The van der Waals surface area contributed by atoms with Crippen molar-refractivity contribution in [3.8, 4) is 17.0 Å². The molecule has 0 atom stereocenters. The van der Waals surface area contributed by atoms with Gasteiger partial charge in [-0.15, -0.1) is 0 Å². The molecule has 0 aromatic carbocycles. The Morgan fingerprint density at radius 1 is 1.11 bits per heavy atom. The Hall–Kier alpha value is -3.68. The van der Waals surface area contributed by atoms with E-state index in [4.69, 9.17) is 10.5 Å². The van der Waals surface area contributed by atoms with Crippen LogP contribution in [0.15, 0.2) is 43.0 Å². The second-order valence-corrected chi connectivity index (χ2v) is 11.1. The van der Waals surface area contributed by atoms with Crippen molar-refractivity contribution in [2.45, 2.75) is 63.9 Å². The summed E-state index contributed by atoms with van der Waals surface area (Å²) >= 11 is 0. The Balaban J connectivity index is 1.32. The fourth-order valence-corrected chi connectivity index (χ4v) is 6.62. The van der Waals surface area contributed by atoms with E-state index in [2.05, 4.69) is 43.6 Å². The van der Waals surface area contributed by atoms with Gasteiger partial charge in [-0.3, -0.25) is 4.79 Å². The molecular formula is C30H36N6O2. The van der Waals surface area contributed by atoms with Gasteiger partial charge in [0.25, 0.3) is 0 Å². The van der Waals surface area contributed by atoms with Crippen molar-refractivity contribution in [3.63, 3.8) is 0 Å². The van der Waals surface area contributed by atoms with Gasteiger partial charge in [-0.05, 0) is 80.9 Å². The van der Waals surface area contributed by atoms with Crippen LogP contribution in [0.5, 0.6) is 5.88 Å². The number of anilines is 1. The molecule has 0 unspecified atom stereocenters. The molecule has 4 heterocycles. The smallest absolute Gasteiger partial charge is 0.213 e. The number of aldehydes is 1. The molecule has 198 valence electrons. The van der Waals surface area contributed by atoms with Crippen molar-refractivity contribution >= 4 is 28.7 Å². The van der Waals surface area contributed by atoms with Crippen molar-refractivity contribution in [1.82, 2.24) is 24.4 Å². The van der Waals surface area contributed by atoms with E-state index in [1.807, 2.05) is 18.5 Å². The van der Waals surface area contributed by atoms with Gasteiger partial charge in [-0.25, -0.2) is 15.0 Å². The number of carbonyl (C=O) groups is 1. The Morgan fingerprint density at radius 2 is 1.92 bits per heavy atom. The quantitative estimate of drug-likeness (QED) is 0.354. The molecular weight excluding hydrogens is 476 g/mol. The molecule has 2 fully saturated rings. The number of likely N-dealkylation sites (tertiary alicyclic amines) is 1. The summed E-state index contributed by atoms with van der Waals surface area (Å²) in [6, 6.07) is 4.07. The summed E-state index contributed by atoms with van der Waals surface area (Å²) in [5.74, 6) is 1.17. The fourth-order valence-electron chi connectivity index (χ4n) is 6.62. The molecule has 3 aliphatic rings. The Morgan fingerprint density at radius 3 is 2.61 bits per heavy atom. The van der Waals surface area contributed by atoms with E-state index in [0.29, 0.717) is 17.1 Å². The second-order valence-electron chi connectivity index (χ2n) is 11.1. The number of hydrogen-bond donors (Lipinski definition) is 1. The van der Waals surface area contributed by atoms with Crippen molar-refractivity contribution < 1.29 is 9.53 Å². The van der Waals surface area contributed by atoms with E-state index < -0.39 is 0 Å². The summed E-state index contributed by atoms with van der Waals surface area (Å²) in [6.45, 7) is 2.00. The molecule has 1 saturated carbocycles. The number of nitrogen functional groups attached to an aromatic ring is 1. The summed E-state index contributed by atoms with van der Waals surface area (Å²) in [4.78, 5) is 26.6. The van der Waals surface area contributed by atoms with Gasteiger partial charge in [0.2, 0.25) is 5.88 Å². The highest BCUT2D eigenvalue weighted by Gasteiger charge is 2.36. The van der Waals surface area contributed by atoms with E-state index in [1.54, 1.807) is 12.4 Å². The van der Waals surface area contributed by atoms with Crippen LogP contribution in [-0.4, -0.2) is 49.9 Å². The number of rotatable bonds is 6. The number of fused-ring (bicyclic) bond motifs is 1. The van der Waals surface area contributed by atoms with Gasteiger partial charge in [0.1, 0.15) is 30.2 Å². The van der Waals surface area contributed by atoms with Crippen LogP contribution in [0.3, 0.4) is 0 Å². The van der Waals surface area contributed by atoms with Crippen molar-refractivity contribution in [2.75, 3.05) is 18.8 Å². The fraction of sp³-hybridized carbons (Fsp3) is 0.467. The highest BCUT2D eigenvalue weighted by atomic mass is 16.5. The van der Waals surface area contributed by atoms with E-state index in [0.717, 1.165) is 92.2 Å². The molecule has 0 amide bonds. The van der Waals surface area contributed by atoms with Gasteiger partial charge in [0.05, 0.1) is 11.1 Å². The average molecular weight is 513 g/mol. The topological polar surface area (TPSA) is 99.2 Å². The predicted molar refractivity (Wildman–Crippen MR) is 149 cm³/mol. The number of nitrogens with two attached hydrogens (primary N) is 1. The third-order valence-corrected chi connectivity index (χ3v) is 8.86. The Labute approximate surface area is 223 Å². The number of hydrogen-bond acceptors (Lipinski definition) is 7. The van der Waals surface area contributed by atoms with E-state index in [-0.39, 0.29) is 6.10 Å². The average Bonchev–Trinajstić information content (AvgIpc) is 3.56. The van der Waals surface area contributed by atoms with Gasteiger partial charge < -0.3 is 19.9 Å². The highest BCUT2D eigenvalue weighted by Crippen LogP contribution is 2.48. The number of aryl methyl sites for hydroxylation is 1. The number of ether oxygens (including phenoxy) is 1. The molecule has 8 nitrogen and oxygen atoms in total. The number of aromatic nitrogens is 4. The zero-order valence-corrected chi connectivity index (χ0v) is 22.1. The number of nitrogens with zero attached hydrogens (tertiary/aromatic N) is 5. The maximum absolute atomic E-state index is 10.7. The van der Waals surface area contributed by atoms with Crippen LogP contribution in [0, 0.1) is 5.41 Å². The Bertz CT molecular complexity index is 1380. The zero-order valence-electron chi connectivity index (χ0n) is 22.1. The van der Waals surface area contributed by atoms with Crippen LogP contribution in [0.1, 0.15) is 63.5 Å². The van der Waals surface area contributed by atoms with Crippen LogP contribution in [0.25, 0.3) is 27.7 Å². The SMILES string of the molecule is Cn1c(C2=CCC3(CC2)CCN(C=CC=O)CC3)c(-c2ccc(OC3CCCC3)nc2)c2c(N)ncnc21. The van der Waals surface area contributed by atoms with Gasteiger partial charge in [0, 0.05) is 49.7 Å². The first-order chi connectivity index (χ1) is 18.6. The van der Waals surface area contributed by atoms with Crippen LogP contribution in [0.2, 0.25) is 0 Å². The first kappa shape index (κ1) is 24.6. The summed E-state index contributed by atoms with van der Waals surface area (Å²) < 4.78 is 8.29. The lowest BCUT2D eigenvalue weighted by Gasteiger charge is -2.43. The minimum absolute atomic E-state index is 0.276. The first-order valence-electron chi connectivity index (χ1n) is 13.8. The molecule has 0 bridgehead atoms. The second kappa shape index (κ2) is 10.2. The maximum atomic E-state index is 10.7. The van der Waals surface area contributed by atoms with Crippen molar-refractivity contribution in [1.29, 1.82) is 0 Å². The molecule has 0 radical (unpaired) electrons. The van der Waals surface area contributed by atoms with Crippen LogP contribution >= 0.6 is 0 Å². The third kappa shape index (κ3) is 4.57. The van der Waals surface area contributed by atoms with Gasteiger partial charge in [0.15, 0.2) is 0 Å². The van der Waals surface area contributed by atoms with Crippen LogP contribution in [-0.2, 0) is 11.8 Å². The van der Waals surface area contributed by atoms with E-state index in [1.165, 1.54) is 18.4 Å². The third-order valence-electron chi connectivity index (χ3n) is 8.86. The molecule has 1 spiro atoms. The predicted octanol–water partition coefficient (Wildman–Crippen LogP) is 5.30. The van der Waals surface area contributed by atoms with Crippen LogP contribution in [0.4, 0.5) is 5.82 Å². The van der Waals surface area contributed by atoms with Gasteiger partial charge >= 0.3 is 0 Å². The summed E-state index contributed by atoms with van der Waals surface area (Å²) in [5, 5.41) is 0.882. The molecule has 1 saturated heterocycles. The van der Waals surface area contributed by atoms with E-state index >= 15 is 0 Å². The summed E-state index contributed by atoms with van der Waals surface area (Å²) in [7, 11) is 2.07. The molecule has 3 aromatic heterocycles. The monoisotopic (exact) mass is 512 g/mol. The number of carbonyl (C=O) groups excluding carboxylic acids is 1. The van der Waals surface area contributed by atoms with Gasteiger partial charge in [-0.2, -0.15) is 0 Å². The Kier molecular flexibility index (Phi) is 6.64. The zero-order chi connectivity index (χ0) is 26.1. The highest BCUT2D eigenvalue weighted by molar-refractivity contribution is 6.05. The molecule has 2 aliphatic carbocycles. The van der Waals surface area contributed by atoms with Crippen molar-refractivity contribution in [2.24, 2.45) is 12.5 Å². The lowest BCUT2D eigenvalue weighted by Crippen LogP contribution is -2.38. The first-order valence-corrected chi connectivity index (χ1v) is 13.8. The standard InChI is InChI=1S/C30H36N6O2/c1-35-27(21-9-11-30(12-10-21)13-16-36(17-14-30)15-4-18-37)25(26-28(31)33-20-34-29(26)35)22-7-8-24(32-19-22)38-23-5-2-3-6-23/h4,7-9,15,18-20,23H,2-3,5-6,10-14,16-17H2,1H3,(H2,31,33,34). The molecule has 8 heteroatoms. The van der Waals surface area contributed by atoms with Crippen LogP contribution < -0.4 is 10.5 Å². The molecule has 2 N–H and O–H groups in total.